The molecule has 0 saturated carbocycles. The van der Waals surface area contributed by atoms with Crippen LogP contribution in [-0.2, 0) is 0 Å². The molecule has 0 aliphatic heterocycles. The lowest BCUT2D eigenvalue weighted by Crippen LogP contribution is -2.43. The van der Waals surface area contributed by atoms with E-state index >= 15 is 0 Å². The van der Waals surface area contributed by atoms with Crippen LogP contribution in [0.3, 0.4) is 0 Å². The van der Waals surface area contributed by atoms with Gasteiger partial charge in [-0.25, -0.2) is 0 Å². The normalized spacial score (nSPS) is 14.0. The topological polar surface area (TPSA) is 39.7 Å². The number of nitrogens with one attached hydrogen (secondary N) is 2. The van der Waals surface area contributed by atoms with E-state index in [1.54, 1.807) is 13.1 Å². The van der Waals surface area contributed by atoms with Crippen molar-refractivity contribution >= 4 is 17.6 Å². The third-order valence-electron chi connectivity index (χ3n) is 3.18. The van der Waals surface area contributed by atoms with E-state index in [4.69, 9.17) is 11.6 Å². The van der Waals surface area contributed by atoms with Gasteiger partial charge in [0.25, 0.3) is 0 Å². The fraction of sp³-hybridized carbons (Fsp3) is 0.533. The molecule has 1 rings (SSSR count). The quantitative estimate of drug-likeness (QED) is 0.612. The minimum Gasteiger partial charge on any atom is -0.355 e. The summed E-state index contributed by atoms with van der Waals surface area (Å²) in [6.45, 7) is 1.60. The summed E-state index contributed by atoms with van der Waals surface area (Å²) in [6.07, 6.45) is -4.19. The lowest BCUT2D eigenvalue weighted by Gasteiger charge is -2.21. The molecule has 0 spiro atoms. The van der Waals surface area contributed by atoms with E-state index in [2.05, 4.69) is 15.6 Å². The molecule has 0 aromatic heterocycles. The standard InChI is InChI=1S/C15H22ClF3N4/c1-11(12-6-4-5-7-13(12)16)22-14(20-2)21-8-9-23(3)10-15(17,18)19/h4-7,11H,8-10H2,1-3H3,(H2,20,21,22). The third kappa shape index (κ3) is 7.56. The van der Waals surface area contributed by atoms with Crippen LogP contribution < -0.4 is 10.6 Å². The number of alkyl halides is 3. The Morgan fingerprint density at radius 1 is 1.35 bits per heavy atom. The van der Waals surface area contributed by atoms with Crippen molar-refractivity contribution in [3.8, 4) is 0 Å². The van der Waals surface area contributed by atoms with Crippen LogP contribution in [0, 0.1) is 0 Å². The summed E-state index contributed by atoms with van der Waals surface area (Å²) in [5, 5.41) is 6.80. The van der Waals surface area contributed by atoms with Crippen molar-refractivity contribution in [1.82, 2.24) is 15.5 Å². The molecule has 0 amide bonds. The van der Waals surface area contributed by atoms with E-state index in [-0.39, 0.29) is 12.6 Å². The van der Waals surface area contributed by atoms with Gasteiger partial charge in [0, 0.05) is 25.2 Å². The Hall–Kier alpha value is -1.47. The van der Waals surface area contributed by atoms with Crippen molar-refractivity contribution in [1.29, 1.82) is 0 Å². The molecule has 0 bridgehead atoms. The second-order valence-corrected chi connectivity index (χ2v) is 5.65. The molecule has 130 valence electrons. The Labute approximate surface area is 139 Å². The molecule has 8 heteroatoms. The molecule has 0 fully saturated rings. The molecule has 0 aliphatic carbocycles. The van der Waals surface area contributed by atoms with Gasteiger partial charge in [-0.3, -0.25) is 9.89 Å². The highest BCUT2D eigenvalue weighted by molar-refractivity contribution is 6.31. The van der Waals surface area contributed by atoms with E-state index in [0.717, 1.165) is 5.56 Å². The minimum atomic E-state index is -4.19. The average molecular weight is 351 g/mol. The first-order valence-corrected chi connectivity index (χ1v) is 7.57. The molecule has 1 aromatic carbocycles. The molecule has 2 N–H and O–H groups in total. The van der Waals surface area contributed by atoms with Gasteiger partial charge in [-0.05, 0) is 25.6 Å². The monoisotopic (exact) mass is 350 g/mol. The maximum Gasteiger partial charge on any atom is 0.401 e. The Morgan fingerprint density at radius 3 is 2.57 bits per heavy atom. The molecular formula is C15H22ClF3N4. The maximum atomic E-state index is 12.2. The molecule has 1 unspecified atom stereocenters. The summed E-state index contributed by atoms with van der Waals surface area (Å²) in [7, 11) is 3.03. The summed E-state index contributed by atoms with van der Waals surface area (Å²) >= 11 is 6.14. The Balaban J connectivity index is 2.45. The third-order valence-corrected chi connectivity index (χ3v) is 3.53. The highest BCUT2D eigenvalue weighted by atomic mass is 35.5. The van der Waals surface area contributed by atoms with Gasteiger partial charge < -0.3 is 10.6 Å². The molecule has 1 atom stereocenters. The van der Waals surface area contributed by atoms with Crippen LogP contribution in [0.15, 0.2) is 29.3 Å². The maximum absolute atomic E-state index is 12.2. The zero-order valence-corrected chi connectivity index (χ0v) is 14.2. The van der Waals surface area contributed by atoms with Crippen molar-refractivity contribution < 1.29 is 13.2 Å². The fourth-order valence-electron chi connectivity index (χ4n) is 2.05. The molecule has 1 aromatic rings. The first-order valence-electron chi connectivity index (χ1n) is 7.20. The van der Waals surface area contributed by atoms with Crippen LogP contribution in [0.1, 0.15) is 18.5 Å². The highest BCUT2D eigenvalue weighted by Gasteiger charge is 2.28. The summed E-state index contributed by atoms with van der Waals surface area (Å²) in [4.78, 5) is 5.27. The van der Waals surface area contributed by atoms with Gasteiger partial charge >= 0.3 is 6.18 Å². The summed E-state index contributed by atoms with van der Waals surface area (Å²) in [6, 6.07) is 7.37. The van der Waals surface area contributed by atoms with Crippen LogP contribution in [0.4, 0.5) is 13.2 Å². The minimum absolute atomic E-state index is 0.0807. The van der Waals surface area contributed by atoms with E-state index in [0.29, 0.717) is 17.5 Å². The van der Waals surface area contributed by atoms with Gasteiger partial charge in [0.2, 0.25) is 0 Å². The van der Waals surface area contributed by atoms with Crippen molar-refractivity contribution in [3.05, 3.63) is 34.9 Å². The van der Waals surface area contributed by atoms with E-state index in [1.807, 2.05) is 25.1 Å². The predicted molar refractivity (Wildman–Crippen MR) is 87.9 cm³/mol. The van der Waals surface area contributed by atoms with Gasteiger partial charge in [-0.2, -0.15) is 13.2 Å². The number of halogens is 4. The van der Waals surface area contributed by atoms with E-state index in [1.165, 1.54) is 11.9 Å². The number of guanidine groups is 1. The van der Waals surface area contributed by atoms with Gasteiger partial charge in [0.1, 0.15) is 0 Å². The lowest BCUT2D eigenvalue weighted by atomic mass is 10.1. The van der Waals surface area contributed by atoms with Crippen molar-refractivity contribution in [2.45, 2.75) is 19.1 Å². The number of hydrogen-bond donors (Lipinski definition) is 2. The SMILES string of the molecule is CN=C(NCCN(C)CC(F)(F)F)NC(C)c1ccccc1Cl. The van der Waals surface area contributed by atoms with Crippen LogP contribution >= 0.6 is 11.6 Å². The molecule has 4 nitrogen and oxygen atoms in total. The number of likely N-dealkylation sites (N-methyl/N-ethyl adjacent to an activating group) is 1. The van der Waals surface area contributed by atoms with Gasteiger partial charge in [0.15, 0.2) is 5.96 Å². The highest BCUT2D eigenvalue weighted by Crippen LogP contribution is 2.21. The second kappa shape index (κ2) is 8.98. The first kappa shape index (κ1) is 19.6. The van der Waals surface area contributed by atoms with E-state index in [9.17, 15) is 13.2 Å². The van der Waals surface area contributed by atoms with Crippen molar-refractivity contribution in [2.75, 3.05) is 33.7 Å². The number of nitrogens with zero attached hydrogens (tertiary/aromatic N) is 2. The summed E-state index contributed by atoms with van der Waals surface area (Å²) in [5.41, 5.74) is 0.923. The van der Waals surface area contributed by atoms with Crippen LogP contribution in [-0.4, -0.2) is 50.8 Å². The average Bonchev–Trinajstić information content (AvgIpc) is 2.44. The van der Waals surface area contributed by atoms with Crippen LogP contribution in [0.5, 0.6) is 0 Å². The van der Waals surface area contributed by atoms with Crippen LogP contribution in [0.2, 0.25) is 5.02 Å². The number of rotatable bonds is 6. The van der Waals surface area contributed by atoms with Gasteiger partial charge in [-0.1, -0.05) is 29.8 Å². The Bertz CT molecular complexity index is 520. The number of benzene rings is 1. The molecule has 23 heavy (non-hydrogen) atoms. The van der Waals surface area contributed by atoms with Crippen molar-refractivity contribution in [2.24, 2.45) is 4.99 Å². The zero-order chi connectivity index (χ0) is 17.5. The second-order valence-electron chi connectivity index (χ2n) is 5.24. The lowest BCUT2D eigenvalue weighted by molar-refractivity contribution is -0.142. The summed E-state index contributed by atoms with van der Waals surface area (Å²) < 4.78 is 36.7. The van der Waals surface area contributed by atoms with Gasteiger partial charge in [0.05, 0.1) is 12.6 Å². The van der Waals surface area contributed by atoms with E-state index < -0.39 is 12.7 Å². The molecule has 0 heterocycles. The molecule has 0 radical (unpaired) electrons. The molecule has 0 saturated heterocycles. The van der Waals surface area contributed by atoms with Crippen LogP contribution in [0.25, 0.3) is 0 Å². The number of aliphatic imine (C=N–C) groups is 1. The Kier molecular flexibility index (Phi) is 7.64. The number of hydrogen-bond acceptors (Lipinski definition) is 2. The largest absolute Gasteiger partial charge is 0.401 e. The zero-order valence-electron chi connectivity index (χ0n) is 13.4. The smallest absolute Gasteiger partial charge is 0.355 e. The molecule has 0 aliphatic rings. The Morgan fingerprint density at radius 2 is 2.00 bits per heavy atom. The van der Waals surface area contributed by atoms with Gasteiger partial charge in [-0.15, -0.1) is 0 Å². The predicted octanol–water partition coefficient (Wildman–Crippen LogP) is 3.06. The first-order chi connectivity index (χ1) is 10.7. The summed E-state index contributed by atoms with van der Waals surface area (Å²) in [5.74, 6) is 0.512. The molecular weight excluding hydrogens is 329 g/mol. The van der Waals surface area contributed by atoms with Crippen molar-refractivity contribution in [3.63, 3.8) is 0 Å². The fourth-order valence-corrected chi connectivity index (χ4v) is 2.35.